The van der Waals surface area contributed by atoms with Crippen molar-refractivity contribution in [3.05, 3.63) is 120 Å². The van der Waals surface area contributed by atoms with Gasteiger partial charge < -0.3 is 19.3 Å². The normalized spacial score (nSPS) is 12.2. The van der Waals surface area contributed by atoms with Gasteiger partial charge in [-0.3, -0.25) is 9.59 Å². The van der Waals surface area contributed by atoms with Gasteiger partial charge in [-0.2, -0.15) is 0 Å². The van der Waals surface area contributed by atoms with Crippen LogP contribution in [0.5, 0.6) is 11.5 Å². The fourth-order valence-electron chi connectivity index (χ4n) is 4.68. The molecule has 6 heteroatoms. The van der Waals surface area contributed by atoms with E-state index in [1.165, 1.54) is 0 Å². The summed E-state index contributed by atoms with van der Waals surface area (Å²) in [4.78, 5) is 31.4. The van der Waals surface area contributed by atoms with Crippen LogP contribution in [0.25, 0.3) is 0 Å². The molecule has 4 rings (SSSR count). The highest BCUT2D eigenvalue weighted by atomic mass is 16.5. The molecule has 0 saturated heterocycles. The van der Waals surface area contributed by atoms with E-state index >= 15 is 0 Å². The zero-order valence-electron chi connectivity index (χ0n) is 24.9. The van der Waals surface area contributed by atoms with Gasteiger partial charge in [0.2, 0.25) is 0 Å². The molecule has 2 unspecified atom stereocenters. The van der Waals surface area contributed by atoms with Crippen molar-refractivity contribution in [1.82, 2.24) is 0 Å². The van der Waals surface area contributed by atoms with E-state index in [0.717, 1.165) is 22.5 Å². The number of amides is 2. The molecule has 6 nitrogen and oxygen atoms in total. The quantitative estimate of drug-likeness (QED) is 0.170. The van der Waals surface area contributed by atoms with Crippen LogP contribution in [0.1, 0.15) is 37.8 Å². The summed E-state index contributed by atoms with van der Waals surface area (Å²) in [5.41, 5.74) is 3.74. The predicted octanol–water partition coefficient (Wildman–Crippen LogP) is 7.38. The highest BCUT2D eigenvalue weighted by Gasteiger charge is 2.30. The van der Waals surface area contributed by atoms with E-state index < -0.39 is 12.2 Å². The summed E-state index contributed by atoms with van der Waals surface area (Å²) in [6.07, 6.45) is -0.358. The Kier molecular flexibility index (Phi) is 10.8. The Bertz CT molecular complexity index is 1300. The topological polar surface area (TPSA) is 59.1 Å². The van der Waals surface area contributed by atoms with Crippen LogP contribution in [0.3, 0.4) is 0 Å². The van der Waals surface area contributed by atoms with E-state index in [1.54, 1.807) is 9.80 Å². The second kappa shape index (κ2) is 14.9. The van der Waals surface area contributed by atoms with Crippen molar-refractivity contribution in [2.45, 2.75) is 52.7 Å². The lowest BCUT2D eigenvalue weighted by Crippen LogP contribution is -2.49. The van der Waals surface area contributed by atoms with Crippen molar-refractivity contribution < 1.29 is 19.1 Å². The number of para-hydroxylation sites is 2. The first kappa shape index (κ1) is 30.4. The minimum Gasteiger partial charge on any atom is -0.481 e. The van der Waals surface area contributed by atoms with Crippen LogP contribution in [0, 0.1) is 13.8 Å². The SMILES string of the molecule is CCC(Oc1ccc(C)cc1)C(=O)N(CCN(C(=O)C(CC)Oc1ccc(C)cc1)c1ccccc1)c1ccccc1. The third kappa shape index (κ3) is 8.00. The van der Waals surface area contributed by atoms with Crippen molar-refractivity contribution in [3.63, 3.8) is 0 Å². The first-order chi connectivity index (χ1) is 20.4. The summed E-state index contributed by atoms with van der Waals surface area (Å²) in [5, 5.41) is 0. The summed E-state index contributed by atoms with van der Waals surface area (Å²) in [5.74, 6) is 0.975. The van der Waals surface area contributed by atoms with Crippen molar-refractivity contribution in [3.8, 4) is 11.5 Å². The standard InChI is InChI=1S/C36H40N2O4/c1-5-33(41-31-21-17-27(3)18-22-31)35(39)37(29-13-9-7-10-14-29)25-26-38(30-15-11-8-12-16-30)36(40)34(6-2)42-32-23-19-28(4)20-24-32/h7-24,33-34H,5-6,25-26H2,1-4H3. The van der Waals surface area contributed by atoms with Gasteiger partial charge in [-0.1, -0.05) is 85.6 Å². The number of rotatable bonds is 13. The Balaban J connectivity index is 1.59. The third-order valence-electron chi connectivity index (χ3n) is 7.11. The summed E-state index contributed by atoms with van der Waals surface area (Å²) in [7, 11) is 0. The lowest BCUT2D eigenvalue weighted by Gasteiger charge is -2.32. The number of hydrogen-bond donors (Lipinski definition) is 0. The molecular weight excluding hydrogens is 524 g/mol. The van der Waals surface area contributed by atoms with Crippen molar-refractivity contribution >= 4 is 23.2 Å². The number of nitrogens with zero attached hydrogens (tertiary/aromatic N) is 2. The molecule has 0 aromatic heterocycles. The van der Waals surface area contributed by atoms with Crippen LogP contribution in [-0.2, 0) is 9.59 Å². The molecule has 0 N–H and O–H groups in total. The van der Waals surface area contributed by atoms with E-state index in [1.807, 2.05) is 137 Å². The fourth-order valence-corrected chi connectivity index (χ4v) is 4.68. The van der Waals surface area contributed by atoms with E-state index in [9.17, 15) is 9.59 Å². The third-order valence-corrected chi connectivity index (χ3v) is 7.11. The maximum absolute atomic E-state index is 14.0. The van der Waals surface area contributed by atoms with Crippen LogP contribution in [0.2, 0.25) is 0 Å². The number of benzene rings is 4. The Morgan fingerprint density at radius 2 is 0.881 bits per heavy atom. The van der Waals surface area contributed by atoms with Gasteiger partial charge in [0.1, 0.15) is 11.5 Å². The summed E-state index contributed by atoms with van der Waals surface area (Å²) >= 11 is 0. The average Bonchev–Trinajstić information content (AvgIpc) is 3.03. The maximum atomic E-state index is 14.0. The van der Waals surface area contributed by atoms with Gasteiger partial charge in [-0.25, -0.2) is 0 Å². The summed E-state index contributed by atoms with van der Waals surface area (Å²) < 4.78 is 12.3. The number of anilines is 2. The molecule has 0 aliphatic heterocycles. The molecule has 0 bridgehead atoms. The molecule has 2 amide bonds. The lowest BCUT2D eigenvalue weighted by molar-refractivity contribution is -0.126. The largest absolute Gasteiger partial charge is 0.481 e. The lowest BCUT2D eigenvalue weighted by atomic mass is 10.1. The van der Waals surface area contributed by atoms with Crippen molar-refractivity contribution in [2.24, 2.45) is 0 Å². The molecule has 218 valence electrons. The van der Waals surface area contributed by atoms with E-state index in [2.05, 4.69) is 0 Å². The number of carbonyl (C=O) groups is 2. The Morgan fingerprint density at radius 3 is 1.19 bits per heavy atom. The van der Waals surface area contributed by atoms with E-state index in [-0.39, 0.29) is 24.9 Å². The summed E-state index contributed by atoms with van der Waals surface area (Å²) in [6.45, 7) is 8.45. The van der Waals surface area contributed by atoms with Crippen LogP contribution >= 0.6 is 0 Å². The molecule has 0 aliphatic rings. The average molecular weight is 565 g/mol. The highest BCUT2D eigenvalue weighted by molar-refractivity contribution is 5.99. The molecule has 0 aliphatic carbocycles. The Hall–Kier alpha value is -4.58. The first-order valence-corrected chi connectivity index (χ1v) is 14.6. The molecule has 4 aromatic carbocycles. The second-order valence-corrected chi connectivity index (χ2v) is 10.3. The van der Waals surface area contributed by atoms with Crippen molar-refractivity contribution in [2.75, 3.05) is 22.9 Å². The van der Waals surface area contributed by atoms with Gasteiger partial charge in [0.05, 0.1) is 0 Å². The maximum Gasteiger partial charge on any atom is 0.268 e. The second-order valence-electron chi connectivity index (χ2n) is 10.3. The first-order valence-electron chi connectivity index (χ1n) is 14.6. The van der Waals surface area contributed by atoms with E-state index in [4.69, 9.17) is 9.47 Å². The number of aryl methyl sites for hydroxylation is 2. The smallest absolute Gasteiger partial charge is 0.268 e. The van der Waals surface area contributed by atoms with Crippen LogP contribution < -0.4 is 19.3 Å². The van der Waals surface area contributed by atoms with Gasteiger partial charge in [-0.15, -0.1) is 0 Å². The number of hydrogen-bond acceptors (Lipinski definition) is 4. The molecular formula is C36H40N2O4. The van der Waals surface area contributed by atoms with Crippen molar-refractivity contribution in [1.29, 1.82) is 0 Å². The molecule has 0 radical (unpaired) electrons. The molecule has 42 heavy (non-hydrogen) atoms. The molecule has 0 heterocycles. The molecule has 0 fully saturated rings. The Labute approximate surface area is 249 Å². The fraction of sp³-hybridized carbons (Fsp3) is 0.278. The molecule has 4 aromatic rings. The Morgan fingerprint density at radius 1 is 0.548 bits per heavy atom. The molecule has 0 spiro atoms. The summed E-state index contributed by atoms with van der Waals surface area (Å²) in [6, 6.07) is 34.4. The van der Waals surface area contributed by atoms with Gasteiger partial charge in [0, 0.05) is 24.5 Å². The van der Waals surface area contributed by atoms with Gasteiger partial charge in [-0.05, 0) is 75.2 Å². The molecule has 2 atom stereocenters. The number of carbonyl (C=O) groups excluding carboxylic acids is 2. The number of ether oxygens (including phenoxy) is 2. The monoisotopic (exact) mass is 564 g/mol. The zero-order chi connectivity index (χ0) is 29.9. The minimum absolute atomic E-state index is 0.160. The van der Waals surface area contributed by atoms with E-state index in [0.29, 0.717) is 24.3 Å². The predicted molar refractivity (Wildman–Crippen MR) is 169 cm³/mol. The zero-order valence-corrected chi connectivity index (χ0v) is 24.9. The van der Waals surface area contributed by atoms with Gasteiger partial charge in [0.25, 0.3) is 11.8 Å². The minimum atomic E-state index is -0.679. The van der Waals surface area contributed by atoms with Crippen LogP contribution in [-0.4, -0.2) is 37.1 Å². The molecule has 0 saturated carbocycles. The van der Waals surface area contributed by atoms with Gasteiger partial charge >= 0.3 is 0 Å². The van der Waals surface area contributed by atoms with Crippen LogP contribution in [0.4, 0.5) is 11.4 Å². The van der Waals surface area contributed by atoms with Crippen LogP contribution in [0.15, 0.2) is 109 Å². The van der Waals surface area contributed by atoms with Gasteiger partial charge in [0.15, 0.2) is 12.2 Å². The highest BCUT2D eigenvalue weighted by Crippen LogP contribution is 2.23.